The minimum Gasteiger partial charge on any atom is -0.325 e. The largest absolute Gasteiger partial charge is 0.325 e. The molecule has 0 bridgehead atoms. The Balaban J connectivity index is 1.78. The molecule has 1 aromatic rings. The van der Waals surface area contributed by atoms with E-state index in [1.54, 1.807) is 0 Å². The Kier molecular flexibility index (Phi) is 5.45. The fraction of sp³-hybridized carbons (Fsp3) is 0.667. The first-order valence-corrected chi connectivity index (χ1v) is 8.05. The number of nitrogens with two attached hydrogens (primary N) is 1. The molecule has 2 atom stereocenters. The standard InChI is InChI=1S/C18H29N/c1-2-16-10-6-13-18(19,15-12-16)14-7-11-17-8-4-3-5-9-17/h3-5,8-9,16H,2,6-7,10-15,19H2,1H3. The molecule has 2 rings (SSSR count). The maximum absolute atomic E-state index is 6.64. The van der Waals surface area contributed by atoms with Gasteiger partial charge in [-0.3, -0.25) is 0 Å². The summed E-state index contributed by atoms with van der Waals surface area (Å²) in [4.78, 5) is 0. The molecular formula is C18H29N. The fourth-order valence-corrected chi connectivity index (χ4v) is 3.45. The van der Waals surface area contributed by atoms with Gasteiger partial charge in [-0.05, 0) is 50.0 Å². The van der Waals surface area contributed by atoms with Gasteiger partial charge in [0.15, 0.2) is 0 Å². The van der Waals surface area contributed by atoms with Crippen molar-refractivity contribution in [1.82, 2.24) is 0 Å². The molecule has 1 fully saturated rings. The summed E-state index contributed by atoms with van der Waals surface area (Å²) in [7, 11) is 0. The van der Waals surface area contributed by atoms with Gasteiger partial charge in [-0.15, -0.1) is 0 Å². The minimum absolute atomic E-state index is 0.124. The van der Waals surface area contributed by atoms with Crippen molar-refractivity contribution in [2.45, 2.75) is 70.3 Å². The second kappa shape index (κ2) is 7.09. The van der Waals surface area contributed by atoms with E-state index in [9.17, 15) is 0 Å². The Labute approximate surface area is 118 Å². The van der Waals surface area contributed by atoms with Crippen LogP contribution in [0.4, 0.5) is 0 Å². The van der Waals surface area contributed by atoms with Crippen LogP contribution in [0.3, 0.4) is 0 Å². The minimum atomic E-state index is 0.124. The molecule has 0 aliphatic heterocycles. The van der Waals surface area contributed by atoms with Crippen LogP contribution in [0.2, 0.25) is 0 Å². The van der Waals surface area contributed by atoms with Crippen molar-refractivity contribution in [2.75, 3.05) is 0 Å². The zero-order valence-corrected chi connectivity index (χ0v) is 12.4. The van der Waals surface area contributed by atoms with Gasteiger partial charge in [0.25, 0.3) is 0 Å². The van der Waals surface area contributed by atoms with Gasteiger partial charge in [-0.2, -0.15) is 0 Å². The first-order valence-electron chi connectivity index (χ1n) is 8.05. The topological polar surface area (TPSA) is 26.0 Å². The van der Waals surface area contributed by atoms with Crippen molar-refractivity contribution >= 4 is 0 Å². The number of aryl methyl sites for hydroxylation is 1. The Morgan fingerprint density at radius 2 is 1.95 bits per heavy atom. The summed E-state index contributed by atoms with van der Waals surface area (Å²) in [5.41, 5.74) is 8.21. The van der Waals surface area contributed by atoms with E-state index in [0.717, 1.165) is 5.92 Å². The second-order valence-corrected chi connectivity index (χ2v) is 6.41. The van der Waals surface area contributed by atoms with Crippen LogP contribution in [0.15, 0.2) is 30.3 Å². The average molecular weight is 259 g/mol. The van der Waals surface area contributed by atoms with Crippen molar-refractivity contribution in [3.8, 4) is 0 Å². The summed E-state index contributed by atoms with van der Waals surface area (Å²) >= 11 is 0. The molecule has 2 N–H and O–H groups in total. The molecule has 0 aromatic heterocycles. The van der Waals surface area contributed by atoms with E-state index in [4.69, 9.17) is 5.73 Å². The first-order chi connectivity index (χ1) is 9.22. The molecule has 1 aromatic carbocycles. The lowest BCUT2D eigenvalue weighted by molar-refractivity contribution is 0.329. The zero-order valence-electron chi connectivity index (χ0n) is 12.4. The third kappa shape index (κ3) is 4.65. The molecule has 1 heteroatoms. The summed E-state index contributed by atoms with van der Waals surface area (Å²) in [6, 6.07) is 10.8. The van der Waals surface area contributed by atoms with Crippen LogP contribution >= 0.6 is 0 Å². The van der Waals surface area contributed by atoms with Gasteiger partial charge in [0.05, 0.1) is 0 Å². The molecule has 106 valence electrons. The van der Waals surface area contributed by atoms with Gasteiger partial charge in [-0.25, -0.2) is 0 Å². The van der Waals surface area contributed by atoms with Crippen molar-refractivity contribution < 1.29 is 0 Å². The van der Waals surface area contributed by atoms with Crippen molar-refractivity contribution in [1.29, 1.82) is 0 Å². The van der Waals surface area contributed by atoms with Gasteiger partial charge in [0, 0.05) is 5.54 Å². The lowest BCUT2D eigenvalue weighted by atomic mass is 9.85. The van der Waals surface area contributed by atoms with E-state index in [1.165, 1.54) is 63.4 Å². The normalized spacial score (nSPS) is 28.0. The predicted octanol–water partition coefficient (Wildman–Crippen LogP) is 4.70. The Bertz CT molecular complexity index is 359. The van der Waals surface area contributed by atoms with E-state index in [1.807, 2.05) is 0 Å². The van der Waals surface area contributed by atoms with E-state index in [0.29, 0.717) is 0 Å². The highest BCUT2D eigenvalue weighted by molar-refractivity contribution is 5.14. The third-order valence-electron chi connectivity index (χ3n) is 4.90. The molecule has 1 saturated carbocycles. The number of rotatable bonds is 5. The SMILES string of the molecule is CCC1CCCC(N)(CCCc2ccccc2)CC1. The molecule has 1 nitrogen and oxygen atoms in total. The second-order valence-electron chi connectivity index (χ2n) is 6.41. The van der Waals surface area contributed by atoms with Crippen LogP contribution in [0, 0.1) is 5.92 Å². The van der Waals surface area contributed by atoms with Gasteiger partial charge in [0.1, 0.15) is 0 Å². The maximum atomic E-state index is 6.64. The Morgan fingerprint density at radius 3 is 2.68 bits per heavy atom. The van der Waals surface area contributed by atoms with Gasteiger partial charge in [-0.1, -0.05) is 56.5 Å². The van der Waals surface area contributed by atoms with E-state index < -0.39 is 0 Å². The molecule has 1 aliphatic rings. The van der Waals surface area contributed by atoms with E-state index in [2.05, 4.69) is 37.3 Å². The molecule has 0 amide bonds. The highest BCUT2D eigenvalue weighted by atomic mass is 14.7. The molecule has 0 spiro atoms. The predicted molar refractivity (Wildman–Crippen MR) is 83.2 cm³/mol. The molecule has 2 unspecified atom stereocenters. The average Bonchev–Trinajstić information content (AvgIpc) is 2.62. The van der Waals surface area contributed by atoms with Crippen molar-refractivity contribution in [3.63, 3.8) is 0 Å². The molecule has 0 radical (unpaired) electrons. The summed E-state index contributed by atoms with van der Waals surface area (Å²) in [6.07, 6.45) is 11.5. The molecule has 0 saturated heterocycles. The number of hydrogen-bond acceptors (Lipinski definition) is 1. The van der Waals surface area contributed by atoms with Crippen LogP contribution < -0.4 is 5.73 Å². The smallest absolute Gasteiger partial charge is 0.0154 e. The summed E-state index contributed by atoms with van der Waals surface area (Å²) < 4.78 is 0. The van der Waals surface area contributed by atoms with Gasteiger partial charge < -0.3 is 5.73 Å². The monoisotopic (exact) mass is 259 g/mol. The van der Waals surface area contributed by atoms with E-state index in [-0.39, 0.29) is 5.54 Å². The van der Waals surface area contributed by atoms with Crippen LogP contribution in [0.5, 0.6) is 0 Å². The molecule has 0 heterocycles. The van der Waals surface area contributed by atoms with Crippen LogP contribution in [0.25, 0.3) is 0 Å². The quantitative estimate of drug-likeness (QED) is 0.762. The summed E-state index contributed by atoms with van der Waals surface area (Å²) in [6.45, 7) is 2.32. The van der Waals surface area contributed by atoms with Gasteiger partial charge in [0.2, 0.25) is 0 Å². The Morgan fingerprint density at radius 1 is 1.16 bits per heavy atom. The van der Waals surface area contributed by atoms with Crippen molar-refractivity contribution in [3.05, 3.63) is 35.9 Å². The lowest BCUT2D eigenvalue weighted by Crippen LogP contribution is -2.39. The van der Waals surface area contributed by atoms with Gasteiger partial charge >= 0.3 is 0 Å². The van der Waals surface area contributed by atoms with E-state index >= 15 is 0 Å². The summed E-state index contributed by atoms with van der Waals surface area (Å²) in [5.74, 6) is 0.930. The van der Waals surface area contributed by atoms with Crippen LogP contribution in [-0.2, 0) is 6.42 Å². The highest BCUT2D eigenvalue weighted by Crippen LogP contribution is 2.33. The maximum Gasteiger partial charge on any atom is 0.0154 e. The van der Waals surface area contributed by atoms with Crippen LogP contribution in [0.1, 0.15) is 63.9 Å². The number of hydrogen-bond donors (Lipinski definition) is 1. The van der Waals surface area contributed by atoms with Crippen molar-refractivity contribution in [2.24, 2.45) is 11.7 Å². The lowest BCUT2D eigenvalue weighted by Gasteiger charge is -2.28. The molecular weight excluding hydrogens is 230 g/mol. The fourth-order valence-electron chi connectivity index (χ4n) is 3.45. The van der Waals surface area contributed by atoms with Crippen LogP contribution in [-0.4, -0.2) is 5.54 Å². The molecule has 19 heavy (non-hydrogen) atoms. The first kappa shape index (κ1) is 14.6. The number of benzene rings is 1. The third-order valence-corrected chi connectivity index (χ3v) is 4.90. The summed E-state index contributed by atoms with van der Waals surface area (Å²) in [5, 5.41) is 0. The molecule has 1 aliphatic carbocycles. The zero-order chi connectivity index (χ0) is 13.6. The highest BCUT2D eigenvalue weighted by Gasteiger charge is 2.28. The Hall–Kier alpha value is -0.820.